The zero-order valence-corrected chi connectivity index (χ0v) is 11.2. The van der Waals surface area contributed by atoms with E-state index in [9.17, 15) is 9.59 Å². The smallest absolute Gasteiger partial charge is 0.304 e. The third kappa shape index (κ3) is 3.90. The maximum absolute atomic E-state index is 11.6. The van der Waals surface area contributed by atoms with Crippen LogP contribution in [0.2, 0.25) is 0 Å². The monoisotopic (exact) mass is 249 g/mol. The Kier molecular flexibility index (Phi) is 4.93. The number of H-pyrrole nitrogens is 1. The molecule has 0 atom stereocenters. The Morgan fingerprint density at radius 1 is 1.33 bits per heavy atom. The normalized spacial score (nSPS) is 10.6. The summed E-state index contributed by atoms with van der Waals surface area (Å²) in [6, 6.07) is 0.339. The summed E-state index contributed by atoms with van der Waals surface area (Å²) < 4.78 is 1.46. The van der Waals surface area contributed by atoms with Crippen LogP contribution < -0.4 is 16.6 Å². The van der Waals surface area contributed by atoms with E-state index in [0.29, 0.717) is 18.2 Å². The number of hydrogen-bond donors (Lipinski definition) is 2. The summed E-state index contributed by atoms with van der Waals surface area (Å²) in [5.41, 5.74) is -0.524. The molecule has 0 aliphatic heterocycles. The molecule has 98 valence electrons. The van der Waals surface area contributed by atoms with Crippen molar-refractivity contribution in [1.82, 2.24) is 14.9 Å². The number of nitrogens with zero attached hydrogens (tertiary/aromatic N) is 1. The Morgan fingerprint density at radius 3 is 2.56 bits per heavy atom. The molecule has 1 aromatic rings. The first-order valence-corrected chi connectivity index (χ1v) is 5.99. The zero-order chi connectivity index (χ0) is 13.7. The van der Waals surface area contributed by atoms with Crippen molar-refractivity contribution in [2.75, 3.05) is 6.54 Å². The first-order valence-electron chi connectivity index (χ1n) is 5.99. The van der Waals surface area contributed by atoms with Crippen LogP contribution in [0, 0.1) is 11.8 Å². The van der Waals surface area contributed by atoms with E-state index in [4.69, 9.17) is 0 Å². The third-order valence-electron chi connectivity index (χ3n) is 2.35. The summed E-state index contributed by atoms with van der Waals surface area (Å²) in [6.45, 7) is 8.30. The summed E-state index contributed by atoms with van der Waals surface area (Å²) in [5.74, 6) is 5.64. The van der Waals surface area contributed by atoms with Crippen LogP contribution in [-0.2, 0) is 0 Å². The molecule has 0 aromatic carbocycles. The molecule has 0 spiro atoms. The SMILES string of the molecule is CC(C)NCC#Cc1cn(C(C)C)c(=O)[nH]c1=O. The molecule has 5 nitrogen and oxygen atoms in total. The van der Waals surface area contributed by atoms with Crippen LogP contribution in [0.15, 0.2) is 15.8 Å². The van der Waals surface area contributed by atoms with Crippen LogP contribution in [0.25, 0.3) is 0 Å². The van der Waals surface area contributed by atoms with Crippen molar-refractivity contribution < 1.29 is 0 Å². The van der Waals surface area contributed by atoms with E-state index in [0.717, 1.165) is 0 Å². The maximum Gasteiger partial charge on any atom is 0.328 e. The van der Waals surface area contributed by atoms with E-state index >= 15 is 0 Å². The van der Waals surface area contributed by atoms with Gasteiger partial charge in [-0.1, -0.05) is 11.8 Å². The van der Waals surface area contributed by atoms with Gasteiger partial charge >= 0.3 is 5.69 Å². The van der Waals surface area contributed by atoms with Gasteiger partial charge in [0.1, 0.15) is 5.56 Å². The van der Waals surface area contributed by atoms with Crippen LogP contribution in [0.1, 0.15) is 39.3 Å². The summed E-state index contributed by atoms with van der Waals surface area (Å²) in [4.78, 5) is 25.3. The molecular formula is C13H19N3O2. The van der Waals surface area contributed by atoms with Gasteiger partial charge in [-0.05, 0) is 27.7 Å². The van der Waals surface area contributed by atoms with E-state index in [1.54, 1.807) is 0 Å². The van der Waals surface area contributed by atoms with Gasteiger partial charge in [-0.15, -0.1) is 0 Å². The lowest BCUT2D eigenvalue weighted by Crippen LogP contribution is -2.32. The van der Waals surface area contributed by atoms with E-state index in [-0.39, 0.29) is 6.04 Å². The second kappa shape index (κ2) is 6.22. The molecule has 1 rings (SSSR count). The zero-order valence-electron chi connectivity index (χ0n) is 11.2. The molecule has 2 N–H and O–H groups in total. The Bertz CT molecular complexity index is 570. The highest BCUT2D eigenvalue weighted by Crippen LogP contribution is 1.98. The first-order chi connectivity index (χ1) is 8.41. The molecule has 0 radical (unpaired) electrons. The number of aromatic nitrogens is 2. The minimum absolute atomic E-state index is 0.0105. The van der Waals surface area contributed by atoms with Crippen molar-refractivity contribution >= 4 is 0 Å². The molecule has 0 bridgehead atoms. The van der Waals surface area contributed by atoms with Gasteiger partial charge in [-0.2, -0.15) is 0 Å². The van der Waals surface area contributed by atoms with E-state index < -0.39 is 11.2 Å². The van der Waals surface area contributed by atoms with Gasteiger partial charge < -0.3 is 5.32 Å². The number of hydrogen-bond acceptors (Lipinski definition) is 3. The van der Waals surface area contributed by atoms with Gasteiger partial charge in [0, 0.05) is 18.3 Å². The van der Waals surface area contributed by atoms with E-state index in [1.807, 2.05) is 27.7 Å². The highest BCUT2D eigenvalue weighted by Gasteiger charge is 2.04. The highest BCUT2D eigenvalue weighted by molar-refractivity contribution is 5.30. The van der Waals surface area contributed by atoms with Gasteiger partial charge in [0.15, 0.2) is 0 Å². The quantitative estimate of drug-likeness (QED) is 0.765. The lowest BCUT2D eigenvalue weighted by molar-refractivity contribution is 0.560. The van der Waals surface area contributed by atoms with E-state index in [1.165, 1.54) is 10.8 Å². The number of aromatic amines is 1. The lowest BCUT2D eigenvalue weighted by Gasteiger charge is -2.08. The third-order valence-corrected chi connectivity index (χ3v) is 2.35. The molecule has 0 saturated heterocycles. The van der Waals surface area contributed by atoms with Gasteiger partial charge in [0.05, 0.1) is 6.54 Å². The summed E-state index contributed by atoms with van der Waals surface area (Å²) in [5, 5.41) is 3.13. The van der Waals surface area contributed by atoms with Gasteiger partial charge in [0.25, 0.3) is 5.56 Å². The molecule has 0 aliphatic rings. The molecular weight excluding hydrogens is 230 g/mol. The number of nitrogens with one attached hydrogen (secondary N) is 2. The predicted molar refractivity (Wildman–Crippen MR) is 71.7 cm³/mol. The maximum atomic E-state index is 11.6. The highest BCUT2D eigenvalue weighted by atomic mass is 16.2. The largest absolute Gasteiger partial charge is 0.328 e. The van der Waals surface area contributed by atoms with Crippen LogP contribution in [0.3, 0.4) is 0 Å². The molecule has 18 heavy (non-hydrogen) atoms. The van der Waals surface area contributed by atoms with Crippen molar-refractivity contribution in [3.05, 3.63) is 32.6 Å². The average Bonchev–Trinajstić information content (AvgIpc) is 2.25. The minimum atomic E-state index is -0.436. The van der Waals surface area contributed by atoms with Gasteiger partial charge in [-0.25, -0.2) is 4.79 Å². The predicted octanol–water partition coefficient (Wildman–Crippen LogP) is 0.467. The minimum Gasteiger partial charge on any atom is -0.304 e. The van der Waals surface area contributed by atoms with Crippen LogP contribution in [0.4, 0.5) is 0 Å². The Balaban J connectivity index is 2.99. The number of rotatable bonds is 3. The summed E-state index contributed by atoms with van der Waals surface area (Å²) in [6.07, 6.45) is 1.51. The van der Waals surface area contributed by atoms with Crippen LogP contribution in [-0.4, -0.2) is 22.1 Å². The first kappa shape index (κ1) is 14.3. The molecule has 1 aromatic heterocycles. The van der Waals surface area contributed by atoms with Crippen molar-refractivity contribution in [3.63, 3.8) is 0 Å². The molecule has 5 heteroatoms. The second-order valence-corrected chi connectivity index (χ2v) is 4.64. The van der Waals surface area contributed by atoms with Crippen molar-refractivity contribution in [2.45, 2.75) is 39.8 Å². The molecule has 1 heterocycles. The lowest BCUT2D eigenvalue weighted by atomic mass is 10.3. The Hall–Kier alpha value is -1.80. The molecule has 0 fully saturated rings. The molecule has 0 unspecified atom stereocenters. The molecule has 0 amide bonds. The summed E-state index contributed by atoms with van der Waals surface area (Å²) >= 11 is 0. The van der Waals surface area contributed by atoms with Crippen molar-refractivity contribution in [2.24, 2.45) is 0 Å². The fourth-order valence-corrected chi connectivity index (χ4v) is 1.35. The summed E-state index contributed by atoms with van der Waals surface area (Å²) in [7, 11) is 0. The van der Waals surface area contributed by atoms with Crippen molar-refractivity contribution in [3.8, 4) is 11.8 Å². The van der Waals surface area contributed by atoms with Gasteiger partial charge in [-0.3, -0.25) is 14.3 Å². The average molecular weight is 249 g/mol. The Morgan fingerprint density at radius 2 is 2.00 bits per heavy atom. The standard InChI is InChI=1S/C13H19N3O2/c1-9(2)14-7-5-6-11-8-16(10(3)4)13(18)15-12(11)17/h8-10,14H,7H2,1-4H3,(H,15,17,18). The molecule has 0 saturated carbocycles. The van der Waals surface area contributed by atoms with Crippen molar-refractivity contribution in [1.29, 1.82) is 0 Å². The second-order valence-electron chi connectivity index (χ2n) is 4.64. The molecule has 0 aliphatic carbocycles. The van der Waals surface area contributed by atoms with Crippen LogP contribution in [0.5, 0.6) is 0 Å². The Labute approximate surface area is 106 Å². The fourth-order valence-electron chi connectivity index (χ4n) is 1.35. The van der Waals surface area contributed by atoms with Gasteiger partial charge in [0.2, 0.25) is 0 Å². The topological polar surface area (TPSA) is 66.9 Å². The fraction of sp³-hybridized carbons (Fsp3) is 0.538. The van der Waals surface area contributed by atoms with E-state index in [2.05, 4.69) is 22.1 Å². The van der Waals surface area contributed by atoms with Crippen LogP contribution >= 0.6 is 0 Å².